The second kappa shape index (κ2) is 7.85. The first-order valence-electron chi connectivity index (χ1n) is 8.55. The molecule has 1 unspecified atom stereocenters. The molecule has 1 saturated heterocycles. The van der Waals surface area contributed by atoms with Crippen molar-refractivity contribution in [1.82, 2.24) is 19.8 Å². The van der Waals surface area contributed by atoms with E-state index in [9.17, 15) is 13.2 Å². The van der Waals surface area contributed by atoms with E-state index in [-0.39, 0.29) is 16.0 Å². The molecule has 1 aliphatic rings. The quantitative estimate of drug-likeness (QED) is 0.762. The Labute approximate surface area is 156 Å². The number of hydrogen-bond donors (Lipinski definition) is 1. The maximum atomic E-state index is 12.7. The van der Waals surface area contributed by atoms with Crippen LogP contribution in [0.1, 0.15) is 44.3 Å². The van der Waals surface area contributed by atoms with E-state index in [0.717, 1.165) is 11.3 Å². The molecule has 26 heavy (non-hydrogen) atoms. The number of nitrogens with one attached hydrogen (secondary N) is 1. The van der Waals surface area contributed by atoms with Crippen molar-refractivity contribution in [3.05, 3.63) is 29.2 Å². The molecule has 2 aromatic rings. The lowest BCUT2D eigenvalue weighted by molar-refractivity contribution is -0.124. The van der Waals surface area contributed by atoms with Crippen LogP contribution < -0.4 is 5.32 Å². The van der Waals surface area contributed by atoms with Gasteiger partial charge in [0, 0.05) is 25.4 Å². The fraction of sp³-hybridized carbons (Fsp3) is 0.562. The van der Waals surface area contributed by atoms with Crippen molar-refractivity contribution in [3.63, 3.8) is 0 Å². The summed E-state index contributed by atoms with van der Waals surface area (Å²) in [7, 11) is -3.62. The lowest BCUT2D eigenvalue weighted by atomic mass is 10.2. The van der Waals surface area contributed by atoms with Crippen LogP contribution in [0.4, 0.5) is 0 Å². The van der Waals surface area contributed by atoms with Gasteiger partial charge >= 0.3 is 0 Å². The van der Waals surface area contributed by atoms with Gasteiger partial charge in [0.1, 0.15) is 10.3 Å². The van der Waals surface area contributed by atoms with Crippen molar-refractivity contribution in [2.75, 3.05) is 13.1 Å². The molecule has 8 nitrogen and oxygen atoms in total. The number of aromatic nitrogens is 2. The smallest absolute Gasteiger partial charge is 0.253 e. The Kier molecular flexibility index (Phi) is 5.73. The summed E-state index contributed by atoms with van der Waals surface area (Å²) in [4.78, 5) is 16.8. The third kappa shape index (κ3) is 3.97. The van der Waals surface area contributed by atoms with Crippen LogP contribution in [0.15, 0.2) is 26.2 Å². The van der Waals surface area contributed by atoms with Crippen molar-refractivity contribution >= 4 is 27.3 Å². The molecule has 0 aromatic carbocycles. The van der Waals surface area contributed by atoms with E-state index in [0.29, 0.717) is 44.1 Å². The summed E-state index contributed by atoms with van der Waals surface area (Å²) in [5, 5.41) is 8.38. The van der Waals surface area contributed by atoms with Crippen LogP contribution in [0, 0.1) is 0 Å². The summed E-state index contributed by atoms with van der Waals surface area (Å²) in [6.45, 7) is 4.62. The normalized spacial score (nSPS) is 18.5. The number of rotatable bonds is 7. The second-order valence-corrected chi connectivity index (χ2v) is 9.51. The van der Waals surface area contributed by atoms with E-state index < -0.39 is 16.1 Å². The molecule has 1 atom stereocenters. The number of carbonyl (C=O) groups is 1. The molecule has 0 spiro atoms. The minimum absolute atomic E-state index is 0.177. The van der Waals surface area contributed by atoms with Crippen LogP contribution in [0.5, 0.6) is 0 Å². The monoisotopic (exact) mass is 398 g/mol. The number of sulfonamides is 1. The summed E-state index contributed by atoms with van der Waals surface area (Å²) in [6, 6.07) is 2.59. The summed E-state index contributed by atoms with van der Waals surface area (Å²) >= 11 is 1.16. The molecule has 142 valence electrons. The molecule has 0 saturated carbocycles. The Hall–Kier alpha value is -1.78. The second-order valence-electron chi connectivity index (χ2n) is 6.45. The highest BCUT2D eigenvalue weighted by molar-refractivity contribution is 7.91. The zero-order chi connectivity index (χ0) is 18.7. The molecule has 0 aliphatic carbocycles. The van der Waals surface area contributed by atoms with Crippen molar-refractivity contribution in [3.8, 4) is 0 Å². The predicted molar refractivity (Wildman–Crippen MR) is 96.3 cm³/mol. The van der Waals surface area contributed by atoms with E-state index in [1.54, 1.807) is 17.5 Å². The molecule has 3 heterocycles. The number of carbonyl (C=O) groups excluding carboxylic acids is 1. The molecule has 3 rings (SSSR count). The van der Waals surface area contributed by atoms with Gasteiger partial charge in [-0.25, -0.2) is 8.42 Å². The molecule has 0 radical (unpaired) electrons. The Bertz CT molecular complexity index is 845. The van der Waals surface area contributed by atoms with Crippen LogP contribution in [0.25, 0.3) is 0 Å². The summed E-state index contributed by atoms with van der Waals surface area (Å²) < 4.78 is 32.1. The standard InChI is InChI=1S/C16H22N4O4S2/c1-11(2)15-18-13(24-19-15)7-8-17-16(21)12-5-3-9-20(12)26(22,23)14-6-4-10-25-14/h4,6,10-12H,3,5,7-9H2,1-2H3,(H,17,21). The van der Waals surface area contributed by atoms with Gasteiger partial charge in [0.25, 0.3) is 10.0 Å². The zero-order valence-corrected chi connectivity index (χ0v) is 16.3. The molecule has 10 heteroatoms. The minimum atomic E-state index is -3.62. The number of nitrogens with zero attached hydrogens (tertiary/aromatic N) is 3. The fourth-order valence-electron chi connectivity index (χ4n) is 2.83. The molecule has 2 aromatic heterocycles. The molecule has 1 amide bonds. The highest BCUT2D eigenvalue weighted by atomic mass is 32.2. The third-order valence-corrected chi connectivity index (χ3v) is 7.48. The van der Waals surface area contributed by atoms with Gasteiger partial charge in [0.2, 0.25) is 11.8 Å². The molecule has 1 aliphatic heterocycles. The predicted octanol–water partition coefficient (Wildman–Crippen LogP) is 1.77. The van der Waals surface area contributed by atoms with Gasteiger partial charge in [-0.15, -0.1) is 11.3 Å². The third-order valence-electron chi connectivity index (χ3n) is 4.20. The highest BCUT2D eigenvalue weighted by Gasteiger charge is 2.39. The number of hydrogen-bond acceptors (Lipinski definition) is 7. The lowest BCUT2D eigenvalue weighted by Crippen LogP contribution is -2.46. The first-order chi connectivity index (χ1) is 12.4. The first-order valence-corrected chi connectivity index (χ1v) is 10.9. The van der Waals surface area contributed by atoms with Crippen LogP contribution in [0.2, 0.25) is 0 Å². The Morgan fingerprint density at radius 3 is 2.96 bits per heavy atom. The van der Waals surface area contributed by atoms with E-state index in [4.69, 9.17) is 4.52 Å². The van der Waals surface area contributed by atoms with Gasteiger partial charge in [0.15, 0.2) is 5.82 Å². The van der Waals surface area contributed by atoms with Gasteiger partial charge < -0.3 is 9.84 Å². The fourth-order valence-corrected chi connectivity index (χ4v) is 5.61. The Morgan fingerprint density at radius 2 is 2.31 bits per heavy atom. The van der Waals surface area contributed by atoms with Gasteiger partial charge in [-0.05, 0) is 24.3 Å². The van der Waals surface area contributed by atoms with E-state index in [2.05, 4.69) is 15.5 Å². The van der Waals surface area contributed by atoms with E-state index in [1.165, 1.54) is 4.31 Å². The van der Waals surface area contributed by atoms with Gasteiger partial charge in [-0.2, -0.15) is 9.29 Å². The molecular formula is C16H22N4O4S2. The summed E-state index contributed by atoms with van der Waals surface area (Å²) in [5.74, 6) is 0.988. The van der Waals surface area contributed by atoms with Gasteiger partial charge in [0.05, 0.1) is 0 Å². The SMILES string of the molecule is CC(C)c1noc(CCNC(=O)C2CCCN2S(=O)(=O)c2cccs2)n1. The van der Waals surface area contributed by atoms with E-state index >= 15 is 0 Å². The maximum Gasteiger partial charge on any atom is 0.253 e. The van der Waals surface area contributed by atoms with Gasteiger partial charge in [-0.3, -0.25) is 4.79 Å². The summed E-state index contributed by atoms with van der Waals surface area (Å²) in [5.41, 5.74) is 0. The number of amides is 1. The lowest BCUT2D eigenvalue weighted by Gasteiger charge is -2.22. The van der Waals surface area contributed by atoms with Crippen LogP contribution in [0.3, 0.4) is 0 Å². The topological polar surface area (TPSA) is 105 Å². The maximum absolute atomic E-state index is 12.7. The average molecular weight is 399 g/mol. The van der Waals surface area contributed by atoms with Crippen molar-refractivity contribution in [2.45, 2.75) is 49.3 Å². The average Bonchev–Trinajstić information content (AvgIpc) is 3.34. The molecular weight excluding hydrogens is 376 g/mol. The van der Waals surface area contributed by atoms with E-state index in [1.807, 2.05) is 13.8 Å². The molecule has 0 bridgehead atoms. The van der Waals surface area contributed by atoms with Crippen LogP contribution >= 0.6 is 11.3 Å². The summed E-state index contributed by atoms with van der Waals surface area (Å²) in [6.07, 6.45) is 1.61. The van der Waals surface area contributed by atoms with Crippen molar-refractivity contribution in [2.24, 2.45) is 0 Å². The molecule has 1 fully saturated rings. The van der Waals surface area contributed by atoms with Crippen molar-refractivity contribution in [1.29, 1.82) is 0 Å². The van der Waals surface area contributed by atoms with Crippen LogP contribution in [-0.2, 0) is 21.2 Å². The van der Waals surface area contributed by atoms with Crippen molar-refractivity contribution < 1.29 is 17.7 Å². The highest BCUT2D eigenvalue weighted by Crippen LogP contribution is 2.28. The Morgan fingerprint density at radius 1 is 1.50 bits per heavy atom. The largest absolute Gasteiger partial charge is 0.354 e. The first kappa shape index (κ1) is 19.0. The van der Waals surface area contributed by atoms with Crippen LogP contribution in [-0.4, -0.2) is 47.9 Å². The zero-order valence-electron chi connectivity index (χ0n) is 14.7. The minimum Gasteiger partial charge on any atom is -0.354 e. The number of thiophene rings is 1. The van der Waals surface area contributed by atoms with Gasteiger partial charge in [-0.1, -0.05) is 25.1 Å². The Balaban J connectivity index is 1.58. The molecule has 1 N–H and O–H groups in total.